The summed E-state index contributed by atoms with van der Waals surface area (Å²) in [6.45, 7) is 4.04. The number of methoxy groups -OCH3 is 1. The Labute approximate surface area is 96.6 Å². The summed E-state index contributed by atoms with van der Waals surface area (Å²) >= 11 is 0. The van der Waals surface area contributed by atoms with E-state index in [1.807, 2.05) is 13.8 Å². The van der Waals surface area contributed by atoms with Crippen molar-refractivity contribution in [3.63, 3.8) is 0 Å². The van der Waals surface area contributed by atoms with Gasteiger partial charge in [0.25, 0.3) is 0 Å². The largest absolute Gasteiger partial charge is 0.469 e. The summed E-state index contributed by atoms with van der Waals surface area (Å²) < 4.78 is 30.2. The fourth-order valence-corrected chi connectivity index (χ4v) is 2.93. The molecule has 0 radical (unpaired) electrons. The maximum absolute atomic E-state index is 11.6. The summed E-state index contributed by atoms with van der Waals surface area (Å²) in [6.07, 6.45) is 1.32. The van der Waals surface area contributed by atoms with E-state index in [2.05, 4.69) is 9.46 Å². The van der Waals surface area contributed by atoms with Gasteiger partial charge < -0.3 is 4.74 Å². The molecule has 0 aromatic carbocycles. The zero-order valence-electron chi connectivity index (χ0n) is 9.95. The Kier molecular flexibility index (Phi) is 3.96. The molecule has 0 amide bonds. The van der Waals surface area contributed by atoms with Gasteiger partial charge in [-0.2, -0.15) is 0 Å². The molecule has 1 aliphatic carbocycles. The Bertz CT molecular complexity index is 361. The highest BCUT2D eigenvalue weighted by molar-refractivity contribution is 7.89. The third-order valence-corrected chi connectivity index (χ3v) is 4.33. The topological polar surface area (TPSA) is 72.5 Å². The lowest BCUT2D eigenvalue weighted by atomic mass is 10.2. The highest BCUT2D eigenvalue weighted by Crippen LogP contribution is 2.44. The first-order chi connectivity index (χ1) is 7.27. The normalized spacial score (nSPS) is 22.8. The molecule has 1 atom stereocenters. The molecule has 0 heterocycles. The predicted octanol–water partition coefficient (Wildman–Crippen LogP) is 0.657. The van der Waals surface area contributed by atoms with E-state index in [0.29, 0.717) is 6.42 Å². The quantitative estimate of drug-likeness (QED) is 0.702. The summed E-state index contributed by atoms with van der Waals surface area (Å²) in [7, 11) is -1.96. The second-order valence-corrected chi connectivity index (χ2v) is 6.74. The minimum absolute atomic E-state index is 0.0192. The second-order valence-electron chi connectivity index (χ2n) is 4.86. The van der Waals surface area contributed by atoms with Crippen LogP contribution in [0.3, 0.4) is 0 Å². The van der Waals surface area contributed by atoms with Crippen molar-refractivity contribution in [3.05, 3.63) is 0 Å². The number of rotatable bonds is 6. The lowest BCUT2D eigenvalue weighted by molar-refractivity contribution is -0.140. The molecule has 1 N–H and O–H groups in total. The minimum Gasteiger partial charge on any atom is -0.469 e. The van der Waals surface area contributed by atoms with Gasteiger partial charge in [-0.25, -0.2) is 13.1 Å². The van der Waals surface area contributed by atoms with E-state index in [4.69, 9.17) is 0 Å². The molecule has 0 aliphatic heterocycles. The minimum atomic E-state index is -3.25. The van der Waals surface area contributed by atoms with Gasteiger partial charge in [0.2, 0.25) is 10.0 Å². The number of carbonyl (C=O) groups is 1. The smallest absolute Gasteiger partial charge is 0.305 e. The third-order valence-electron chi connectivity index (χ3n) is 2.86. The van der Waals surface area contributed by atoms with E-state index in [1.165, 1.54) is 7.11 Å². The van der Waals surface area contributed by atoms with E-state index in [9.17, 15) is 13.2 Å². The van der Waals surface area contributed by atoms with Gasteiger partial charge in [-0.1, -0.05) is 13.8 Å². The summed E-state index contributed by atoms with van der Waals surface area (Å²) in [5.41, 5.74) is 0.0788. The van der Waals surface area contributed by atoms with Crippen LogP contribution in [0.1, 0.15) is 33.1 Å². The van der Waals surface area contributed by atoms with E-state index < -0.39 is 10.0 Å². The van der Waals surface area contributed by atoms with Crippen LogP contribution in [0.25, 0.3) is 0 Å². The van der Waals surface area contributed by atoms with Crippen molar-refractivity contribution < 1.29 is 17.9 Å². The average molecular weight is 249 g/mol. The molecular weight excluding hydrogens is 230 g/mol. The van der Waals surface area contributed by atoms with Crippen LogP contribution < -0.4 is 4.72 Å². The number of hydrogen-bond acceptors (Lipinski definition) is 4. The van der Waals surface area contributed by atoms with Crippen LogP contribution in [0.15, 0.2) is 0 Å². The van der Waals surface area contributed by atoms with Crippen molar-refractivity contribution in [2.75, 3.05) is 12.9 Å². The summed E-state index contributed by atoms with van der Waals surface area (Å²) in [6, 6.07) is 0.0515. The Morgan fingerprint density at radius 1 is 1.50 bits per heavy atom. The highest BCUT2D eigenvalue weighted by atomic mass is 32.2. The number of carbonyl (C=O) groups excluding carboxylic acids is 1. The van der Waals surface area contributed by atoms with Crippen LogP contribution in [0.5, 0.6) is 0 Å². The zero-order valence-corrected chi connectivity index (χ0v) is 10.8. The number of esters is 1. The first-order valence-electron chi connectivity index (χ1n) is 5.34. The summed E-state index contributed by atoms with van der Waals surface area (Å²) in [4.78, 5) is 10.8. The Balaban J connectivity index is 2.28. The molecule has 0 aromatic heterocycles. The van der Waals surface area contributed by atoms with Crippen molar-refractivity contribution in [2.45, 2.75) is 39.2 Å². The van der Waals surface area contributed by atoms with Gasteiger partial charge in [-0.15, -0.1) is 0 Å². The first-order valence-corrected chi connectivity index (χ1v) is 6.99. The number of sulfonamides is 1. The van der Waals surface area contributed by atoms with Crippen LogP contribution in [0.4, 0.5) is 0 Å². The zero-order chi connectivity index (χ0) is 12.4. The Morgan fingerprint density at radius 3 is 2.50 bits per heavy atom. The fraction of sp³-hybridized carbons (Fsp3) is 0.900. The molecule has 0 bridgehead atoms. The van der Waals surface area contributed by atoms with Crippen molar-refractivity contribution in [3.8, 4) is 0 Å². The van der Waals surface area contributed by atoms with Crippen molar-refractivity contribution in [1.29, 1.82) is 0 Å². The van der Waals surface area contributed by atoms with Gasteiger partial charge in [0, 0.05) is 12.5 Å². The maximum atomic E-state index is 11.6. The van der Waals surface area contributed by atoms with Crippen LogP contribution in [0.2, 0.25) is 0 Å². The van der Waals surface area contributed by atoms with Gasteiger partial charge >= 0.3 is 5.97 Å². The molecule has 1 aliphatic rings. The van der Waals surface area contributed by atoms with Crippen molar-refractivity contribution in [2.24, 2.45) is 5.41 Å². The molecule has 16 heavy (non-hydrogen) atoms. The van der Waals surface area contributed by atoms with E-state index >= 15 is 0 Å². The summed E-state index contributed by atoms with van der Waals surface area (Å²) in [5.74, 6) is -0.392. The molecule has 0 spiro atoms. The molecule has 5 nitrogen and oxygen atoms in total. The standard InChI is InChI=1S/C10H19NO4S/c1-10(2)7-8(10)11-16(13,14)6-4-5-9(12)15-3/h8,11H,4-7H2,1-3H3. The fourth-order valence-electron chi connectivity index (χ4n) is 1.45. The third kappa shape index (κ3) is 4.09. The van der Waals surface area contributed by atoms with Crippen molar-refractivity contribution >= 4 is 16.0 Å². The Hall–Kier alpha value is -0.620. The van der Waals surface area contributed by atoms with Gasteiger partial charge in [0.1, 0.15) is 0 Å². The molecule has 0 saturated heterocycles. The van der Waals surface area contributed by atoms with Crippen LogP contribution in [-0.2, 0) is 19.6 Å². The van der Waals surface area contributed by atoms with E-state index in [0.717, 1.165) is 6.42 Å². The van der Waals surface area contributed by atoms with Crippen LogP contribution >= 0.6 is 0 Å². The summed E-state index contributed by atoms with van der Waals surface area (Å²) in [5, 5.41) is 0. The molecule has 94 valence electrons. The van der Waals surface area contributed by atoms with Crippen LogP contribution in [-0.4, -0.2) is 33.3 Å². The average Bonchev–Trinajstić information content (AvgIpc) is 2.71. The lowest BCUT2D eigenvalue weighted by Crippen LogP contribution is -2.30. The second kappa shape index (κ2) is 4.71. The first kappa shape index (κ1) is 13.4. The molecule has 1 unspecified atom stereocenters. The molecule has 1 saturated carbocycles. The van der Waals surface area contributed by atoms with Crippen LogP contribution in [0, 0.1) is 5.41 Å². The number of nitrogens with one attached hydrogen (secondary N) is 1. The lowest BCUT2D eigenvalue weighted by Gasteiger charge is -2.07. The molecule has 1 rings (SSSR count). The molecule has 6 heteroatoms. The monoisotopic (exact) mass is 249 g/mol. The van der Waals surface area contributed by atoms with Gasteiger partial charge in [-0.3, -0.25) is 4.79 Å². The highest BCUT2D eigenvalue weighted by Gasteiger charge is 2.47. The van der Waals surface area contributed by atoms with Gasteiger partial charge in [0.15, 0.2) is 0 Å². The molecule has 0 aromatic rings. The van der Waals surface area contributed by atoms with Gasteiger partial charge in [0.05, 0.1) is 12.9 Å². The molecular formula is C10H19NO4S. The number of ether oxygens (including phenoxy) is 1. The predicted molar refractivity (Wildman–Crippen MR) is 60.4 cm³/mol. The van der Waals surface area contributed by atoms with Gasteiger partial charge in [-0.05, 0) is 18.3 Å². The number of hydrogen-bond donors (Lipinski definition) is 1. The molecule has 1 fully saturated rings. The Morgan fingerprint density at radius 2 is 2.06 bits per heavy atom. The van der Waals surface area contributed by atoms with E-state index in [-0.39, 0.29) is 29.6 Å². The van der Waals surface area contributed by atoms with Crippen molar-refractivity contribution in [1.82, 2.24) is 4.72 Å². The van der Waals surface area contributed by atoms with E-state index in [1.54, 1.807) is 0 Å². The SMILES string of the molecule is COC(=O)CCCS(=O)(=O)NC1CC1(C)C. The maximum Gasteiger partial charge on any atom is 0.305 e.